The van der Waals surface area contributed by atoms with Gasteiger partial charge in [0, 0.05) is 12.7 Å². The molecule has 1 aromatic heterocycles. The molecule has 0 aliphatic heterocycles. The molecule has 1 heterocycles. The zero-order valence-electron chi connectivity index (χ0n) is 11.1. The van der Waals surface area contributed by atoms with Gasteiger partial charge in [-0.25, -0.2) is 4.98 Å². The molecule has 0 saturated carbocycles. The molecule has 2 aromatic rings. The van der Waals surface area contributed by atoms with Crippen molar-refractivity contribution in [1.29, 1.82) is 0 Å². The van der Waals surface area contributed by atoms with Gasteiger partial charge in [-0.05, 0) is 25.5 Å². The molecule has 0 saturated heterocycles. The Hall–Kier alpha value is -1.97. The van der Waals surface area contributed by atoms with Gasteiger partial charge in [0.2, 0.25) is 5.95 Å². The summed E-state index contributed by atoms with van der Waals surface area (Å²) in [6, 6.07) is 7.85. The van der Waals surface area contributed by atoms with Crippen LogP contribution >= 0.6 is 0 Å². The van der Waals surface area contributed by atoms with Crippen LogP contribution in [0.3, 0.4) is 0 Å². The van der Waals surface area contributed by atoms with Crippen LogP contribution in [0.25, 0.3) is 0 Å². The van der Waals surface area contributed by atoms with E-state index in [4.69, 9.17) is 4.74 Å². The van der Waals surface area contributed by atoms with Crippen molar-refractivity contribution in [2.75, 3.05) is 12.4 Å². The number of aryl methyl sites for hydroxylation is 2. The van der Waals surface area contributed by atoms with Crippen molar-refractivity contribution in [1.82, 2.24) is 9.55 Å². The third-order valence-corrected chi connectivity index (χ3v) is 2.71. The van der Waals surface area contributed by atoms with Gasteiger partial charge >= 0.3 is 0 Å². The highest BCUT2D eigenvalue weighted by molar-refractivity contribution is 5.62. The molecule has 18 heavy (non-hydrogen) atoms. The third-order valence-electron chi connectivity index (χ3n) is 2.71. The van der Waals surface area contributed by atoms with Gasteiger partial charge in [-0.1, -0.05) is 19.1 Å². The maximum Gasteiger partial charge on any atom is 0.207 e. The fraction of sp³-hybridized carbons (Fsp3) is 0.357. The Morgan fingerprint density at radius 3 is 2.83 bits per heavy atom. The van der Waals surface area contributed by atoms with Crippen LogP contribution in [-0.4, -0.2) is 16.7 Å². The molecule has 0 spiro atoms. The SMILES string of the molecule is CCCn1cc(C)nc1Nc1ccccc1OC. The van der Waals surface area contributed by atoms with Crippen LogP contribution in [0.1, 0.15) is 19.0 Å². The molecule has 0 fully saturated rings. The number of aromatic nitrogens is 2. The minimum absolute atomic E-state index is 0.821. The van der Waals surface area contributed by atoms with Gasteiger partial charge in [0.15, 0.2) is 0 Å². The maximum atomic E-state index is 5.32. The molecule has 2 rings (SSSR count). The molecule has 4 heteroatoms. The fourth-order valence-electron chi connectivity index (χ4n) is 1.93. The van der Waals surface area contributed by atoms with E-state index in [-0.39, 0.29) is 0 Å². The first-order valence-electron chi connectivity index (χ1n) is 6.18. The Balaban J connectivity index is 2.27. The Bertz CT molecular complexity index is 520. The van der Waals surface area contributed by atoms with Crippen LogP contribution in [-0.2, 0) is 6.54 Å². The molecule has 0 radical (unpaired) electrons. The Morgan fingerprint density at radius 1 is 1.33 bits per heavy atom. The van der Waals surface area contributed by atoms with E-state index in [9.17, 15) is 0 Å². The number of nitrogens with one attached hydrogen (secondary N) is 1. The van der Waals surface area contributed by atoms with Gasteiger partial charge in [-0.15, -0.1) is 0 Å². The van der Waals surface area contributed by atoms with Crippen molar-refractivity contribution < 1.29 is 4.74 Å². The molecule has 1 N–H and O–H groups in total. The molecule has 0 aliphatic carbocycles. The van der Waals surface area contributed by atoms with Gasteiger partial charge in [-0.3, -0.25) is 0 Å². The van der Waals surface area contributed by atoms with E-state index in [1.165, 1.54) is 0 Å². The Morgan fingerprint density at radius 2 is 2.11 bits per heavy atom. The highest BCUT2D eigenvalue weighted by Gasteiger charge is 2.08. The standard InChI is InChI=1S/C14H19N3O/c1-4-9-17-10-11(2)15-14(17)16-12-7-5-6-8-13(12)18-3/h5-8,10H,4,9H2,1-3H3,(H,15,16). The third kappa shape index (κ3) is 2.64. The van der Waals surface area contributed by atoms with Gasteiger partial charge in [-0.2, -0.15) is 0 Å². The molecule has 4 nitrogen and oxygen atoms in total. The quantitative estimate of drug-likeness (QED) is 0.878. The normalized spacial score (nSPS) is 10.4. The molecule has 0 aliphatic rings. The summed E-state index contributed by atoms with van der Waals surface area (Å²) in [6.45, 7) is 5.11. The number of anilines is 2. The summed E-state index contributed by atoms with van der Waals surface area (Å²) in [5.74, 6) is 1.68. The van der Waals surface area contributed by atoms with E-state index in [0.29, 0.717) is 0 Å². The number of hydrogen-bond acceptors (Lipinski definition) is 3. The van der Waals surface area contributed by atoms with Crippen molar-refractivity contribution in [2.24, 2.45) is 0 Å². The van der Waals surface area contributed by atoms with Crippen LogP contribution < -0.4 is 10.1 Å². The van der Waals surface area contributed by atoms with Crippen LogP contribution in [0.5, 0.6) is 5.75 Å². The monoisotopic (exact) mass is 245 g/mol. The van der Waals surface area contributed by atoms with Crippen LogP contribution in [0.15, 0.2) is 30.5 Å². The highest BCUT2D eigenvalue weighted by atomic mass is 16.5. The van der Waals surface area contributed by atoms with Crippen LogP contribution in [0, 0.1) is 6.92 Å². The molecular formula is C14H19N3O. The average Bonchev–Trinajstić information content (AvgIpc) is 2.71. The zero-order chi connectivity index (χ0) is 13.0. The number of hydrogen-bond donors (Lipinski definition) is 1. The summed E-state index contributed by atoms with van der Waals surface area (Å²) in [5.41, 5.74) is 1.95. The summed E-state index contributed by atoms with van der Waals surface area (Å²) in [7, 11) is 1.67. The fourth-order valence-corrected chi connectivity index (χ4v) is 1.93. The van der Waals surface area contributed by atoms with Crippen molar-refractivity contribution in [3.8, 4) is 5.75 Å². The molecule has 0 atom stereocenters. The first kappa shape index (κ1) is 12.5. The number of nitrogens with zero attached hydrogens (tertiary/aromatic N) is 2. The lowest BCUT2D eigenvalue weighted by Crippen LogP contribution is -2.03. The minimum Gasteiger partial charge on any atom is -0.495 e. The number of benzene rings is 1. The molecule has 0 bridgehead atoms. The van der Waals surface area contributed by atoms with E-state index < -0.39 is 0 Å². The second-order valence-electron chi connectivity index (χ2n) is 4.22. The summed E-state index contributed by atoms with van der Waals surface area (Å²) in [6.07, 6.45) is 3.14. The summed E-state index contributed by atoms with van der Waals surface area (Å²) >= 11 is 0. The topological polar surface area (TPSA) is 39.1 Å². The van der Waals surface area contributed by atoms with Crippen LogP contribution in [0.2, 0.25) is 0 Å². The Labute approximate surface area is 108 Å². The lowest BCUT2D eigenvalue weighted by Gasteiger charge is -2.11. The van der Waals surface area contributed by atoms with E-state index in [2.05, 4.69) is 28.0 Å². The number of ether oxygens (including phenoxy) is 1. The van der Waals surface area contributed by atoms with Crippen molar-refractivity contribution in [3.63, 3.8) is 0 Å². The van der Waals surface area contributed by atoms with Crippen LogP contribution in [0.4, 0.5) is 11.6 Å². The number of para-hydroxylation sites is 2. The number of rotatable bonds is 5. The summed E-state index contributed by atoms with van der Waals surface area (Å²) < 4.78 is 7.45. The highest BCUT2D eigenvalue weighted by Crippen LogP contribution is 2.26. The van der Waals surface area contributed by atoms with E-state index in [1.807, 2.05) is 31.2 Å². The second-order valence-corrected chi connectivity index (χ2v) is 4.22. The minimum atomic E-state index is 0.821. The molecule has 0 amide bonds. The molecular weight excluding hydrogens is 226 g/mol. The lowest BCUT2D eigenvalue weighted by molar-refractivity contribution is 0.416. The van der Waals surface area contributed by atoms with Crippen molar-refractivity contribution in [3.05, 3.63) is 36.2 Å². The van der Waals surface area contributed by atoms with Gasteiger partial charge in [0.05, 0.1) is 18.5 Å². The summed E-state index contributed by atoms with van der Waals surface area (Å²) in [4.78, 5) is 4.50. The van der Waals surface area contributed by atoms with Gasteiger partial charge in [0.25, 0.3) is 0 Å². The van der Waals surface area contributed by atoms with Gasteiger partial charge in [0.1, 0.15) is 5.75 Å². The van der Waals surface area contributed by atoms with E-state index >= 15 is 0 Å². The average molecular weight is 245 g/mol. The molecule has 1 aromatic carbocycles. The number of methoxy groups -OCH3 is 1. The first-order chi connectivity index (χ1) is 8.74. The summed E-state index contributed by atoms with van der Waals surface area (Å²) in [5, 5.41) is 3.32. The molecule has 0 unspecified atom stereocenters. The first-order valence-corrected chi connectivity index (χ1v) is 6.18. The van der Waals surface area contributed by atoms with Gasteiger partial charge < -0.3 is 14.6 Å². The molecule has 96 valence electrons. The zero-order valence-corrected chi connectivity index (χ0v) is 11.1. The number of imidazole rings is 1. The second kappa shape index (κ2) is 5.58. The van der Waals surface area contributed by atoms with E-state index in [0.717, 1.165) is 36.0 Å². The Kier molecular flexibility index (Phi) is 3.87. The predicted octanol–water partition coefficient (Wildman–Crippen LogP) is 3.35. The van der Waals surface area contributed by atoms with Crippen molar-refractivity contribution in [2.45, 2.75) is 26.8 Å². The van der Waals surface area contributed by atoms with E-state index in [1.54, 1.807) is 7.11 Å². The smallest absolute Gasteiger partial charge is 0.207 e. The predicted molar refractivity (Wildman–Crippen MR) is 73.5 cm³/mol. The maximum absolute atomic E-state index is 5.32. The lowest BCUT2D eigenvalue weighted by atomic mass is 10.3. The van der Waals surface area contributed by atoms with Crippen molar-refractivity contribution >= 4 is 11.6 Å². The largest absolute Gasteiger partial charge is 0.495 e.